The van der Waals surface area contributed by atoms with Gasteiger partial charge in [0.15, 0.2) is 0 Å². The zero-order valence-corrected chi connectivity index (χ0v) is 27.7. The molecular formula is C41H42N4. The monoisotopic (exact) mass is 590 g/mol. The molecule has 226 valence electrons. The molecule has 1 aromatic heterocycles. The Morgan fingerprint density at radius 1 is 0.511 bits per heavy atom. The summed E-state index contributed by atoms with van der Waals surface area (Å²) in [6.45, 7) is 8.78. The van der Waals surface area contributed by atoms with E-state index in [1.165, 1.54) is 55.6 Å². The highest BCUT2D eigenvalue weighted by Gasteiger charge is 2.20. The van der Waals surface area contributed by atoms with Crippen molar-refractivity contribution in [2.24, 2.45) is 0 Å². The Bertz CT molecular complexity index is 1950. The first kappa shape index (κ1) is 30.0. The number of benzene rings is 5. The van der Waals surface area contributed by atoms with Crippen molar-refractivity contribution in [2.45, 2.75) is 27.7 Å². The molecule has 6 aromatic rings. The molecule has 0 amide bonds. The summed E-state index contributed by atoms with van der Waals surface area (Å²) in [6.07, 6.45) is 3.98. The van der Waals surface area contributed by atoms with Crippen LogP contribution in [0.4, 0.5) is 11.4 Å². The van der Waals surface area contributed by atoms with Crippen LogP contribution < -0.4 is 9.80 Å². The smallest absolute Gasteiger partial charge is 0.144 e. The number of anilines is 2. The third-order valence-electron chi connectivity index (χ3n) is 8.56. The van der Waals surface area contributed by atoms with Crippen LogP contribution in [0.15, 0.2) is 109 Å². The van der Waals surface area contributed by atoms with Gasteiger partial charge in [-0.3, -0.25) is 4.57 Å². The zero-order valence-electron chi connectivity index (χ0n) is 27.7. The summed E-state index contributed by atoms with van der Waals surface area (Å²) >= 11 is 0. The van der Waals surface area contributed by atoms with E-state index in [0.29, 0.717) is 0 Å². The van der Waals surface area contributed by atoms with Crippen LogP contribution in [0.25, 0.3) is 50.5 Å². The van der Waals surface area contributed by atoms with Crippen molar-refractivity contribution >= 4 is 11.4 Å². The van der Waals surface area contributed by atoms with Crippen LogP contribution in [0.3, 0.4) is 0 Å². The van der Waals surface area contributed by atoms with Crippen molar-refractivity contribution in [3.8, 4) is 50.5 Å². The van der Waals surface area contributed by atoms with Gasteiger partial charge in [0.05, 0.1) is 17.1 Å². The number of aryl methyl sites for hydroxylation is 4. The highest BCUT2D eigenvalue weighted by Crippen LogP contribution is 2.40. The Hall–Kier alpha value is -5.09. The van der Waals surface area contributed by atoms with Crippen molar-refractivity contribution in [1.29, 1.82) is 0 Å². The number of imidazole rings is 1. The molecule has 0 radical (unpaired) electrons. The Morgan fingerprint density at radius 2 is 1.07 bits per heavy atom. The van der Waals surface area contributed by atoms with Gasteiger partial charge < -0.3 is 9.80 Å². The lowest BCUT2D eigenvalue weighted by atomic mass is 9.90. The second-order valence-corrected chi connectivity index (χ2v) is 12.6. The van der Waals surface area contributed by atoms with Crippen LogP contribution in [-0.4, -0.2) is 37.7 Å². The van der Waals surface area contributed by atoms with Gasteiger partial charge >= 0.3 is 0 Å². The van der Waals surface area contributed by atoms with E-state index in [0.717, 1.165) is 28.5 Å². The van der Waals surface area contributed by atoms with Crippen LogP contribution in [0, 0.1) is 27.7 Å². The zero-order chi connectivity index (χ0) is 31.8. The van der Waals surface area contributed by atoms with Crippen LogP contribution in [0.2, 0.25) is 0 Å². The highest BCUT2D eigenvalue weighted by atomic mass is 15.2. The molecule has 0 atom stereocenters. The van der Waals surface area contributed by atoms with Crippen molar-refractivity contribution in [2.75, 3.05) is 38.0 Å². The van der Waals surface area contributed by atoms with Gasteiger partial charge in [-0.1, -0.05) is 90.0 Å². The lowest BCUT2D eigenvalue weighted by Gasteiger charge is -2.27. The molecular weight excluding hydrogens is 548 g/mol. The predicted octanol–water partition coefficient (Wildman–Crippen LogP) is 9.91. The number of hydrogen-bond acceptors (Lipinski definition) is 3. The number of nitrogens with zero attached hydrogens (tertiary/aromatic N) is 4. The summed E-state index contributed by atoms with van der Waals surface area (Å²) in [7, 11) is 8.43. The Kier molecular flexibility index (Phi) is 8.07. The van der Waals surface area contributed by atoms with E-state index in [2.05, 4.69) is 174 Å². The maximum absolute atomic E-state index is 4.92. The molecule has 0 aliphatic carbocycles. The summed E-state index contributed by atoms with van der Waals surface area (Å²) in [5, 5.41) is 0. The second-order valence-electron chi connectivity index (χ2n) is 12.6. The first-order chi connectivity index (χ1) is 21.6. The minimum atomic E-state index is 0.914. The van der Waals surface area contributed by atoms with E-state index in [9.17, 15) is 0 Å². The first-order valence-corrected chi connectivity index (χ1v) is 15.5. The van der Waals surface area contributed by atoms with Crippen molar-refractivity contribution in [3.63, 3.8) is 0 Å². The molecule has 0 unspecified atom stereocenters. The first-order valence-electron chi connectivity index (χ1n) is 15.5. The second kappa shape index (κ2) is 12.1. The van der Waals surface area contributed by atoms with Crippen LogP contribution in [0.5, 0.6) is 0 Å². The molecule has 45 heavy (non-hydrogen) atoms. The number of aromatic nitrogens is 2. The van der Waals surface area contributed by atoms with Crippen molar-refractivity contribution < 1.29 is 0 Å². The van der Waals surface area contributed by atoms with Gasteiger partial charge in [-0.05, 0) is 90.4 Å². The van der Waals surface area contributed by atoms with Crippen LogP contribution >= 0.6 is 0 Å². The largest absolute Gasteiger partial charge is 0.376 e. The van der Waals surface area contributed by atoms with E-state index in [-0.39, 0.29) is 0 Å². The third-order valence-corrected chi connectivity index (χ3v) is 8.56. The molecule has 6 rings (SSSR count). The van der Waals surface area contributed by atoms with Gasteiger partial charge in [0.2, 0.25) is 0 Å². The highest BCUT2D eigenvalue weighted by molar-refractivity contribution is 5.86. The normalized spacial score (nSPS) is 11.1. The summed E-state index contributed by atoms with van der Waals surface area (Å²) in [5.41, 5.74) is 16.9. The Balaban J connectivity index is 1.46. The quantitative estimate of drug-likeness (QED) is 0.185. The fraction of sp³-hybridized carbons (Fsp3) is 0.195. The van der Waals surface area contributed by atoms with E-state index in [1.54, 1.807) is 0 Å². The Labute approximate surface area is 268 Å². The minimum absolute atomic E-state index is 0.914. The molecule has 0 bridgehead atoms. The topological polar surface area (TPSA) is 24.3 Å². The van der Waals surface area contributed by atoms with Gasteiger partial charge in [0, 0.05) is 46.1 Å². The SMILES string of the molecule is Cc1cc(C)cc(-c2cc(C)c(-c3cccc(-c4nccn4-c4c(N(C)C)cc(-c5ccccc5)cc4N(C)C)c3)cc2C)c1. The molecule has 0 aliphatic rings. The molecule has 0 aliphatic heterocycles. The maximum Gasteiger partial charge on any atom is 0.144 e. The molecule has 1 heterocycles. The van der Waals surface area contributed by atoms with Gasteiger partial charge in [0.1, 0.15) is 5.82 Å². The van der Waals surface area contributed by atoms with Gasteiger partial charge in [0.25, 0.3) is 0 Å². The average Bonchev–Trinajstić information content (AvgIpc) is 3.51. The standard InChI is InChI=1S/C41H42N4/c1-27-19-28(2)21-35(20-27)37-23-29(3)36(22-30(37)4)32-15-12-16-33(24-32)41-42-17-18-45(41)40-38(43(5)6)25-34(26-39(40)44(7)8)31-13-10-9-11-14-31/h9-26H,1-8H3. The van der Waals surface area contributed by atoms with Gasteiger partial charge in [-0.25, -0.2) is 4.98 Å². The molecule has 0 N–H and O–H groups in total. The van der Waals surface area contributed by atoms with Crippen LogP contribution in [0.1, 0.15) is 22.3 Å². The summed E-state index contributed by atoms with van der Waals surface area (Å²) in [6, 6.07) is 35.4. The fourth-order valence-electron chi connectivity index (χ4n) is 6.42. The number of hydrogen-bond donors (Lipinski definition) is 0. The molecule has 0 fully saturated rings. The molecule has 0 saturated carbocycles. The maximum atomic E-state index is 4.92. The fourth-order valence-corrected chi connectivity index (χ4v) is 6.42. The molecule has 5 aromatic carbocycles. The summed E-state index contributed by atoms with van der Waals surface area (Å²) < 4.78 is 2.24. The van der Waals surface area contributed by atoms with Crippen molar-refractivity contribution in [1.82, 2.24) is 9.55 Å². The van der Waals surface area contributed by atoms with E-state index in [4.69, 9.17) is 4.98 Å². The van der Waals surface area contributed by atoms with Crippen LogP contribution in [-0.2, 0) is 0 Å². The predicted molar refractivity (Wildman–Crippen MR) is 193 cm³/mol. The molecule has 4 heteroatoms. The average molecular weight is 591 g/mol. The Morgan fingerprint density at radius 3 is 1.67 bits per heavy atom. The van der Waals surface area contributed by atoms with E-state index >= 15 is 0 Å². The number of rotatable bonds is 7. The summed E-state index contributed by atoms with van der Waals surface area (Å²) in [5.74, 6) is 0.914. The molecule has 0 saturated heterocycles. The van der Waals surface area contributed by atoms with Gasteiger partial charge in [-0.2, -0.15) is 0 Å². The third kappa shape index (κ3) is 5.88. The lowest BCUT2D eigenvalue weighted by molar-refractivity contribution is 1.01. The lowest BCUT2D eigenvalue weighted by Crippen LogP contribution is -2.18. The van der Waals surface area contributed by atoms with E-state index < -0.39 is 0 Å². The van der Waals surface area contributed by atoms with Gasteiger partial charge in [-0.15, -0.1) is 0 Å². The van der Waals surface area contributed by atoms with Crippen molar-refractivity contribution in [3.05, 3.63) is 132 Å². The summed E-state index contributed by atoms with van der Waals surface area (Å²) in [4.78, 5) is 9.30. The minimum Gasteiger partial charge on any atom is -0.376 e. The van der Waals surface area contributed by atoms with E-state index in [1.807, 2.05) is 6.20 Å². The molecule has 4 nitrogen and oxygen atoms in total. The molecule has 0 spiro atoms.